The molecule has 2 aromatic carbocycles. The van der Waals surface area contributed by atoms with E-state index in [9.17, 15) is 22.8 Å². The summed E-state index contributed by atoms with van der Waals surface area (Å²) in [5, 5.41) is 5.77. The second-order valence-corrected chi connectivity index (χ2v) is 6.65. The van der Waals surface area contributed by atoms with E-state index in [-0.39, 0.29) is 18.1 Å². The summed E-state index contributed by atoms with van der Waals surface area (Å²) >= 11 is 5.79. The third-order valence-electron chi connectivity index (χ3n) is 4.04. The highest BCUT2D eigenvalue weighted by molar-refractivity contribution is 6.30. The molecule has 0 unspecified atom stereocenters. The van der Waals surface area contributed by atoms with Gasteiger partial charge in [0.05, 0.1) is 18.2 Å². The normalized spacial score (nSPS) is 12.5. The fourth-order valence-electron chi connectivity index (χ4n) is 2.29. The summed E-state index contributed by atoms with van der Waals surface area (Å²) in [7, 11) is 1.60. The number of rotatable bonds is 6. The molecule has 0 aliphatic rings. The summed E-state index contributed by atoms with van der Waals surface area (Å²) in [6.07, 6.45) is -4.44. The predicted octanol–water partition coefficient (Wildman–Crippen LogP) is 4.26. The highest BCUT2D eigenvalue weighted by Crippen LogP contribution is 2.29. The van der Waals surface area contributed by atoms with E-state index in [0.29, 0.717) is 10.7 Å². The van der Waals surface area contributed by atoms with Crippen molar-refractivity contribution in [3.05, 3.63) is 59.1 Å². The van der Waals surface area contributed by atoms with Crippen molar-refractivity contribution >= 4 is 34.8 Å². The molecule has 28 heavy (non-hydrogen) atoms. The number of carbonyl (C=O) groups is 2. The summed E-state index contributed by atoms with van der Waals surface area (Å²) < 4.78 is 37.7. The average Bonchev–Trinajstić information content (AvgIpc) is 2.62. The predicted molar refractivity (Wildman–Crippen MR) is 102 cm³/mol. The van der Waals surface area contributed by atoms with Crippen molar-refractivity contribution in [2.24, 2.45) is 0 Å². The summed E-state index contributed by atoms with van der Waals surface area (Å²) in [6.45, 7) is 1.54. The van der Waals surface area contributed by atoms with Crippen LogP contribution in [0, 0.1) is 0 Å². The van der Waals surface area contributed by atoms with Crippen LogP contribution >= 0.6 is 11.6 Å². The molecule has 2 N–H and O–H groups in total. The van der Waals surface area contributed by atoms with E-state index in [4.69, 9.17) is 11.6 Å². The standard InChI is InChI=1S/C19H19ClF3N3O2/c1-12(18(28)25-16-7-3-13(4-8-16)19(21,22)23)26(2)11-17(27)24-15-9-5-14(20)6-10-15/h3-10,12H,11H2,1-2H3,(H,24,27)(H,25,28)/t12-/m1/s1. The van der Waals surface area contributed by atoms with Gasteiger partial charge in [0.15, 0.2) is 0 Å². The third kappa shape index (κ3) is 6.24. The molecule has 2 aromatic rings. The highest BCUT2D eigenvalue weighted by atomic mass is 35.5. The maximum Gasteiger partial charge on any atom is 0.416 e. The highest BCUT2D eigenvalue weighted by Gasteiger charge is 2.30. The molecular formula is C19H19ClF3N3O2. The molecule has 0 spiro atoms. The van der Waals surface area contributed by atoms with E-state index in [2.05, 4.69) is 10.6 Å². The van der Waals surface area contributed by atoms with Gasteiger partial charge in [-0.2, -0.15) is 13.2 Å². The molecule has 0 radical (unpaired) electrons. The van der Waals surface area contributed by atoms with Crippen molar-refractivity contribution in [1.82, 2.24) is 4.90 Å². The van der Waals surface area contributed by atoms with Crippen molar-refractivity contribution in [3.63, 3.8) is 0 Å². The first-order chi connectivity index (χ1) is 13.1. The number of halogens is 4. The minimum Gasteiger partial charge on any atom is -0.325 e. The number of hydrogen-bond donors (Lipinski definition) is 2. The number of nitrogens with one attached hydrogen (secondary N) is 2. The van der Waals surface area contributed by atoms with E-state index in [1.165, 1.54) is 17.0 Å². The first kappa shape index (κ1) is 21.7. The van der Waals surface area contributed by atoms with Gasteiger partial charge < -0.3 is 10.6 Å². The Morgan fingerprint density at radius 1 is 1.00 bits per heavy atom. The Bertz CT molecular complexity index is 824. The Labute approximate surface area is 165 Å². The largest absolute Gasteiger partial charge is 0.416 e. The third-order valence-corrected chi connectivity index (χ3v) is 4.29. The van der Waals surface area contributed by atoms with Gasteiger partial charge in [-0.3, -0.25) is 14.5 Å². The molecule has 1 atom stereocenters. The molecule has 2 rings (SSSR count). The van der Waals surface area contributed by atoms with E-state index < -0.39 is 23.7 Å². The maximum absolute atomic E-state index is 12.6. The number of hydrogen-bond acceptors (Lipinski definition) is 3. The van der Waals surface area contributed by atoms with Crippen LogP contribution in [0.4, 0.5) is 24.5 Å². The van der Waals surface area contributed by atoms with Gasteiger partial charge in [0, 0.05) is 16.4 Å². The van der Waals surface area contributed by atoms with Gasteiger partial charge in [0.1, 0.15) is 0 Å². The van der Waals surface area contributed by atoms with Crippen LogP contribution in [0.2, 0.25) is 5.02 Å². The Morgan fingerprint density at radius 2 is 1.50 bits per heavy atom. The lowest BCUT2D eigenvalue weighted by atomic mass is 10.2. The molecule has 0 aromatic heterocycles. The first-order valence-corrected chi connectivity index (χ1v) is 8.68. The van der Waals surface area contributed by atoms with Crippen molar-refractivity contribution in [2.75, 3.05) is 24.2 Å². The van der Waals surface area contributed by atoms with Gasteiger partial charge in [-0.25, -0.2) is 0 Å². The number of benzene rings is 2. The summed E-state index contributed by atoms with van der Waals surface area (Å²) in [5.41, 5.74) is 0.0167. The van der Waals surface area contributed by atoms with Crippen LogP contribution in [0.1, 0.15) is 12.5 Å². The second kappa shape index (κ2) is 9.07. The molecule has 150 valence electrons. The monoisotopic (exact) mass is 413 g/mol. The quantitative estimate of drug-likeness (QED) is 0.744. The van der Waals surface area contributed by atoms with Crippen molar-refractivity contribution in [3.8, 4) is 0 Å². The molecular weight excluding hydrogens is 395 g/mol. The smallest absolute Gasteiger partial charge is 0.325 e. The molecule has 0 bridgehead atoms. The van der Waals surface area contributed by atoms with Crippen LogP contribution in [-0.2, 0) is 15.8 Å². The van der Waals surface area contributed by atoms with Crippen molar-refractivity contribution in [2.45, 2.75) is 19.1 Å². The summed E-state index contributed by atoms with van der Waals surface area (Å²) in [5.74, 6) is -0.763. The number of alkyl halides is 3. The average molecular weight is 414 g/mol. The maximum atomic E-state index is 12.6. The molecule has 5 nitrogen and oxygen atoms in total. The number of anilines is 2. The number of carbonyl (C=O) groups excluding carboxylic acids is 2. The zero-order chi connectivity index (χ0) is 20.9. The lowest BCUT2D eigenvalue weighted by molar-refractivity contribution is -0.137. The zero-order valence-corrected chi connectivity index (χ0v) is 15.9. The minimum absolute atomic E-state index is 0.0514. The van der Waals surface area contributed by atoms with Crippen LogP contribution in [0.15, 0.2) is 48.5 Å². The summed E-state index contributed by atoms with van der Waals surface area (Å²) in [4.78, 5) is 25.9. The SMILES string of the molecule is C[C@H](C(=O)Nc1ccc(C(F)(F)F)cc1)N(C)CC(=O)Nc1ccc(Cl)cc1. The van der Waals surface area contributed by atoms with Crippen molar-refractivity contribution in [1.29, 1.82) is 0 Å². The fraction of sp³-hybridized carbons (Fsp3) is 0.263. The topological polar surface area (TPSA) is 61.4 Å². The lowest BCUT2D eigenvalue weighted by Gasteiger charge is -2.23. The Hall–Kier alpha value is -2.58. The fourth-order valence-corrected chi connectivity index (χ4v) is 2.41. The van der Waals surface area contributed by atoms with E-state index >= 15 is 0 Å². The zero-order valence-electron chi connectivity index (χ0n) is 15.2. The van der Waals surface area contributed by atoms with Gasteiger partial charge in [-0.1, -0.05) is 11.6 Å². The molecule has 0 saturated heterocycles. The Balaban J connectivity index is 1.89. The van der Waals surface area contributed by atoms with E-state index in [1.807, 2.05) is 0 Å². The van der Waals surface area contributed by atoms with E-state index in [1.54, 1.807) is 38.2 Å². The molecule has 2 amide bonds. The molecule has 0 aliphatic carbocycles. The van der Waals surface area contributed by atoms with Crippen LogP contribution in [0.3, 0.4) is 0 Å². The van der Waals surface area contributed by atoms with Gasteiger partial charge >= 0.3 is 6.18 Å². The van der Waals surface area contributed by atoms with Gasteiger partial charge in [0.2, 0.25) is 11.8 Å². The number of nitrogens with zero attached hydrogens (tertiary/aromatic N) is 1. The Kier molecular flexibility index (Phi) is 7.04. The molecule has 0 saturated carbocycles. The molecule has 0 aliphatic heterocycles. The van der Waals surface area contributed by atoms with Crippen LogP contribution in [-0.4, -0.2) is 36.3 Å². The second-order valence-electron chi connectivity index (χ2n) is 6.21. The summed E-state index contributed by atoms with van der Waals surface area (Å²) in [6, 6.07) is 10.1. The minimum atomic E-state index is -4.44. The van der Waals surface area contributed by atoms with Crippen LogP contribution < -0.4 is 10.6 Å². The number of likely N-dealkylation sites (N-methyl/N-ethyl adjacent to an activating group) is 1. The lowest BCUT2D eigenvalue weighted by Crippen LogP contribution is -2.43. The van der Waals surface area contributed by atoms with Gasteiger partial charge in [-0.15, -0.1) is 0 Å². The molecule has 9 heteroatoms. The molecule has 0 heterocycles. The van der Waals surface area contributed by atoms with Crippen LogP contribution in [0.5, 0.6) is 0 Å². The van der Waals surface area contributed by atoms with Gasteiger partial charge in [0.25, 0.3) is 0 Å². The van der Waals surface area contributed by atoms with Gasteiger partial charge in [-0.05, 0) is 62.5 Å². The first-order valence-electron chi connectivity index (χ1n) is 8.30. The van der Waals surface area contributed by atoms with E-state index in [0.717, 1.165) is 12.1 Å². The number of amides is 2. The molecule has 0 fully saturated rings. The Morgan fingerprint density at radius 3 is 2.04 bits per heavy atom. The van der Waals surface area contributed by atoms with Crippen LogP contribution in [0.25, 0.3) is 0 Å². The van der Waals surface area contributed by atoms with Crippen molar-refractivity contribution < 1.29 is 22.8 Å².